The fourth-order valence-electron chi connectivity index (χ4n) is 2.41. The zero-order valence-corrected chi connectivity index (χ0v) is 11.6. The van der Waals surface area contributed by atoms with E-state index in [0.29, 0.717) is 5.92 Å². The Kier molecular flexibility index (Phi) is 5.60. The van der Waals surface area contributed by atoms with Crippen LogP contribution in [0.3, 0.4) is 0 Å². The quantitative estimate of drug-likeness (QED) is 0.602. The fraction of sp³-hybridized carbons (Fsp3) is 0.846. The highest BCUT2D eigenvalue weighted by Gasteiger charge is 2.26. The van der Waals surface area contributed by atoms with E-state index in [0.717, 1.165) is 19.3 Å². The Morgan fingerprint density at radius 2 is 1.95 bits per heavy atom. The molecule has 0 saturated heterocycles. The standard InChI is InChI=1S/C13H24N2O4/c1-9-5-3-4-6-10(9)15-12(18)14-8-13(2,19)7-11(16)17/h9-10,19H,3-8H2,1-2H3,(H,16,17)(H2,14,15,18). The van der Waals surface area contributed by atoms with Crippen LogP contribution in [0.4, 0.5) is 4.79 Å². The first-order chi connectivity index (χ1) is 8.80. The molecule has 2 amide bonds. The first kappa shape index (κ1) is 15.8. The van der Waals surface area contributed by atoms with Gasteiger partial charge in [-0.2, -0.15) is 0 Å². The first-order valence-corrected chi connectivity index (χ1v) is 6.79. The molecule has 1 fully saturated rings. The summed E-state index contributed by atoms with van der Waals surface area (Å²) in [6.07, 6.45) is 4.01. The van der Waals surface area contributed by atoms with Crippen LogP contribution >= 0.6 is 0 Å². The Morgan fingerprint density at radius 1 is 1.32 bits per heavy atom. The van der Waals surface area contributed by atoms with E-state index in [1.54, 1.807) is 0 Å². The molecule has 1 aliphatic carbocycles. The lowest BCUT2D eigenvalue weighted by Crippen LogP contribution is -2.50. The monoisotopic (exact) mass is 272 g/mol. The minimum absolute atomic E-state index is 0.0771. The van der Waals surface area contributed by atoms with Gasteiger partial charge in [-0.05, 0) is 25.7 Å². The summed E-state index contributed by atoms with van der Waals surface area (Å²) in [6.45, 7) is 3.43. The van der Waals surface area contributed by atoms with Crippen molar-refractivity contribution in [2.75, 3.05) is 6.54 Å². The molecule has 1 saturated carbocycles. The highest BCUT2D eigenvalue weighted by Crippen LogP contribution is 2.23. The zero-order chi connectivity index (χ0) is 14.5. The summed E-state index contributed by atoms with van der Waals surface area (Å²) < 4.78 is 0. The third kappa shape index (κ3) is 5.92. The number of carboxylic acids is 1. The summed E-state index contributed by atoms with van der Waals surface area (Å²) in [5.74, 6) is -0.632. The minimum Gasteiger partial charge on any atom is -0.481 e. The Labute approximate surface area is 113 Å². The lowest BCUT2D eigenvalue weighted by atomic mass is 9.86. The molecule has 0 aromatic rings. The van der Waals surface area contributed by atoms with Gasteiger partial charge in [0.1, 0.15) is 0 Å². The largest absolute Gasteiger partial charge is 0.481 e. The SMILES string of the molecule is CC1CCCCC1NC(=O)NCC(C)(O)CC(=O)O. The molecule has 1 aliphatic rings. The molecule has 0 bridgehead atoms. The third-order valence-corrected chi connectivity index (χ3v) is 3.59. The smallest absolute Gasteiger partial charge is 0.315 e. The van der Waals surface area contributed by atoms with Gasteiger partial charge in [0.15, 0.2) is 0 Å². The number of carbonyl (C=O) groups excluding carboxylic acids is 1. The predicted octanol–water partition coefficient (Wildman–Crippen LogP) is 1.09. The van der Waals surface area contributed by atoms with Gasteiger partial charge in [-0.25, -0.2) is 4.79 Å². The summed E-state index contributed by atoms with van der Waals surface area (Å²) in [4.78, 5) is 22.2. The molecule has 0 aromatic heterocycles. The Balaban J connectivity index is 2.32. The van der Waals surface area contributed by atoms with Gasteiger partial charge in [0.05, 0.1) is 12.0 Å². The van der Waals surface area contributed by atoms with Crippen molar-refractivity contribution in [2.24, 2.45) is 5.92 Å². The van der Waals surface area contributed by atoms with Crippen LogP contribution in [0.2, 0.25) is 0 Å². The van der Waals surface area contributed by atoms with Gasteiger partial charge < -0.3 is 20.8 Å². The van der Waals surface area contributed by atoms with Gasteiger partial charge in [0, 0.05) is 12.6 Å². The number of aliphatic carboxylic acids is 1. The molecule has 0 spiro atoms. The lowest BCUT2D eigenvalue weighted by Gasteiger charge is -2.30. The van der Waals surface area contributed by atoms with E-state index in [-0.39, 0.29) is 18.6 Å². The molecule has 6 nitrogen and oxygen atoms in total. The third-order valence-electron chi connectivity index (χ3n) is 3.59. The molecule has 0 aromatic carbocycles. The van der Waals surface area contributed by atoms with Crippen LogP contribution in [0.5, 0.6) is 0 Å². The summed E-state index contributed by atoms with van der Waals surface area (Å²) in [5, 5.41) is 23.8. The second kappa shape index (κ2) is 6.75. The number of hydrogen-bond acceptors (Lipinski definition) is 3. The van der Waals surface area contributed by atoms with Crippen LogP contribution in [0.15, 0.2) is 0 Å². The van der Waals surface area contributed by atoms with Crippen molar-refractivity contribution < 1.29 is 19.8 Å². The van der Waals surface area contributed by atoms with E-state index < -0.39 is 18.0 Å². The molecule has 6 heteroatoms. The number of nitrogens with one attached hydrogen (secondary N) is 2. The van der Waals surface area contributed by atoms with Crippen molar-refractivity contribution in [2.45, 2.75) is 57.6 Å². The van der Waals surface area contributed by atoms with Crippen molar-refractivity contribution in [3.63, 3.8) is 0 Å². The topological polar surface area (TPSA) is 98.7 Å². The first-order valence-electron chi connectivity index (χ1n) is 6.79. The van der Waals surface area contributed by atoms with Crippen LogP contribution in [0.25, 0.3) is 0 Å². The summed E-state index contributed by atoms with van der Waals surface area (Å²) in [7, 11) is 0. The maximum absolute atomic E-state index is 11.7. The van der Waals surface area contributed by atoms with Gasteiger partial charge in [-0.3, -0.25) is 4.79 Å². The molecule has 3 atom stereocenters. The second-order valence-electron chi connectivity index (χ2n) is 5.76. The summed E-state index contributed by atoms with van der Waals surface area (Å²) in [5.41, 5.74) is -1.43. The molecule has 19 heavy (non-hydrogen) atoms. The molecule has 4 N–H and O–H groups in total. The lowest BCUT2D eigenvalue weighted by molar-refractivity contribution is -0.141. The molecule has 3 unspecified atom stereocenters. The van der Waals surface area contributed by atoms with E-state index in [1.807, 2.05) is 0 Å². The normalized spacial score (nSPS) is 26.3. The average Bonchev–Trinajstić information content (AvgIpc) is 2.28. The summed E-state index contributed by atoms with van der Waals surface area (Å²) in [6, 6.07) is -0.178. The fourth-order valence-corrected chi connectivity index (χ4v) is 2.41. The minimum atomic E-state index is -1.43. The van der Waals surface area contributed by atoms with Gasteiger partial charge in [0.2, 0.25) is 0 Å². The van der Waals surface area contributed by atoms with Crippen LogP contribution < -0.4 is 10.6 Å². The number of hydrogen-bond donors (Lipinski definition) is 4. The molecular formula is C13H24N2O4. The number of urea groups is 1. The van der Waals surface area contributed by atoms with Crippen LogP contribution in [0.1, 0.15) is 46.0 Å². The Morgan fingerprint density at radius 3 is 2.53 bits per heavy atom. The van der Waals surface area contributed by atoms with E-state index in [4.69, 9.17) is 5.11 Å². The van der Waals surface area contributed by atoms with Crippen molar-refractivity contribution >= 4 is 12.0 Å². The number of amides is 2. The van der Waals surface area contributed by atoms with E-state index in [1.165, 1.54) is 13.3 Å². The second-order valence-corrected chi connectivity index (χ2v) is 5.76. The Bertz CT molecular complexity index is 331. The number of rotatable bonds is 5. The number of carbonyl (C=O) groups is 2. The zero-order valence-electron chi connectivity index (χ0n) is 11.6. The average molecular weight is 272 g/mol. The predicted molar refractivity (Wildman–Crippen MR) is 70.8 cm³/mol. The molecular weight excluding hydrogens is 248 g/mol. The van der Waals surface area contributed by atoms with E-state index in [9.17, 15) is 14.7 Å². The molecule has 0 radical (unpaired) electrons. The molecule has 110 valence electrons. The van der Waals surface area contributed by atoms with E-state index >= 15 is 0 Å². The van der Waals surface area contributed by atoms with E-state index in [2.05, 4.69) is 17.6 Å². The van der Waals surface area contributed by atoms with Crippen molar-refractivity contribution in [1.29, 1.82) is 0 Å². The highest BCUT2D eigenvalue weighted by molar-refractivity contribution is 5.74. The maximum atomic E-state index is 11.7. The van der Waals surface area contributed by atoms with Crippen LogP contribution in [0, 0.1) is 5.92 Å². The van der Waals surface area contributed by atoms with Crippen molar-refractivity contribution in [3.05, 3.63) is 0 Å². The van der Waals surface area contributed by atoms with Crippen LogP contribution in [-0.2, 0) is 4.79 Å². The van der Waals surface area contributed by atoms with Crippen molar-refractivity contribution in [1.82, 2.24) is 10.6 Å². The molecule has 1 rings (SSSR count). The summed E-state index contributed by atoms with van der Waals surface area (Å²) >= 11 is 0. The highest BCUT2D eigenvalue weighted by atomic mass is 16.4. The Hall–Kier alpha value is -1.30. The van der Waals surface area contributed by atoms with Gasteiger partial charge in [0.25, 0.3) is 0 Å². The van der Waals surface area contributed by atoms with Gasteiger partial charge in [-0.15, -0.1) is 0 Å². The molecule has 0 heterocycles. The molecule has 0 aliphatic heterocycles. The van der Waals surface area contributed by atoms with Gasteiger partial charge in [-0.1, -0.05) is 19.8 Å². The van der Waals surface area contributed by atoms with Gasteiger partial charge >= 0.3 is 12.0 Å². The van der Waals surface area contributed by atoms with Crippen LogP contribution in [-0.4, -0.2) is 40.4 Å². The number of aliphatic hydroxyl groups is 1. The maximum Gasteiger partial charge on any atom is 0.315 e. The number of carboxylic acid groups (broad SMARTS) is 1. The van der Waals surface area contributed by atoms with Crippen molar-refractivity contribution in [3.8, 4) is 0 Å².